The molecule has 0 aromatic heterocycles. The number of hydrazine groups is 1. The van der Waals surface area contributed by atoms with Crippen molar-refractivity contribution >= 4 is 11.9 Å². The summed E-state index contributed by atoms with van der Waals surface area (Å²) in [7, 11) is 0. The number of aliphatic hydroxyl groups excluding tert-OH is 1. The normalized spacial score (nSPS) is 26.4. The van der Waals surface area contributed by atoms with Gasteiger partial charge in [-0.15, -0.1) is 0 Å². The lowest BCUT2D eigenvalue weighted by Crippen LogP contribution is -2.53. The molecular formula is C11H20N2O5. The van der Waals surface area contributed by atoms with Crippen LogP contribution in [0, 0.1) is 5.92 Å². The number of rotatable bonds is 6. The highest BCUT2D eigenvalue weighted by atomic mass is 16.4. The highest BCUT2D eigenvalue weighted by molar-refractivity contribution is 5.75. The minimum absolute atomic E-state index is 0.107. The maximum Gasteiger partial charge on any atom is 0.322 e. The zero-order valence-electron chi connectivity index (χ0n) is 10.5. The highest BCUT2D eigenvalue weighted by Crippen LogP contribution is 2.17. The molecule has 0 aromatic carbocycles. The Hall–Kier alpha value is -1.18. The van der Waals surface area contributed by atoms with Crippen molar-refractivity contribution in [3.63, 3.8) is 0 Å². The summed E-state index contributed by atoms with van der Waals surface area (Å²) in [6, 6.07) is -1.72. The van der Waals surface area contributed by atoms with Crippen LogP contribution < -0.4 is 5.43 Å². The van der Waals surface area contributed by atoms with Crippen LogP contribution in [0.5, 0.6) is 0 Å². The molecule has 7 heteroatoms. The maximum atomic E-state index is 11.1. The number of carbonyl (C=O) groups is 2. The van der Waals surface area contributed by atoms with Gasteiger partial charge in [-0.25, -0.2) is 10.4 Å². The number of aliphatic hydroxyl groups is 1. The van der Waals surface area contributed by atoms with Crippen molar-refractivity contribution in [2.75, 3.05) is 6.54 Å². The topological polar surface area (TPSA) is 110 Å². The Kier molecular flexibility index (Phi) is 5.06. The summed E-state index contributed by atoms with van der Waals surface area (Å²) < 4.78 is 0. The predicted octanol–water partition coefficient (Wildman–Crippen LogP) is -0.490. The van der Waals surface area contributed by atoms with E-state index in [-0.39, 0.29) is 18.9 Å². The van der Waals surface area contributed by atoms with Crippen LogP contribution in [0.15, 0.2) is 0 Å². The summed E-state index contributed by atoms with van der Waals surface area (Å²) in [6.45, 7) is 3.91. The molecule has 1 saturated heterocycles. The van der Waals surface area contributed by atoms with Gasteiger partial charge in [0.15, 0.2) is 0 Å². The molecule has 0 aliphatic carbocycles. The molecule has 3 atom stereocenters. The molecule has 104 valence electrons. The third kappa shape index (κ3) is 3.94. The zero-order valence-corrected chi connectivity index (χ0v) is 10.5. The first kappa shape index (κ1) is 14.9. The Balaban J connectivity index is 2.67. The molecule has 0 spiro atoms. The minimum Gasteiger partial charge on any atom is -0.480 e. The fourth-order valence-electron chi connectivity index (χ4n) is 2.07. The van der Waals surface area contributed by atoms with E-state index in [0.717, 1.165) is 0 Å². The summed E-state index contributed by atoms with van der Waals surface area (Å²) in [4.78, 5) is 22.1. The van der Waals surface area contributed by atoms with Gasteiger partial charge in [0.05, 0.1) is 6.10 Å². The van der Waals surface area contributed by atoms with Crippen molar-refractivity contribution in [3.8, 4) is 0 Å². The molecule has 7 nitrogen and oxygen atoms in total. The van der Waals surface area contributed by atoms with Crippen molar-refractivity contribution in [1.29, 1.82) is 0 Å². The third-order valence-corrected chi connectivity index (χ3v) is 2.89. The lowest BCUT2D eigenvalue weighted by atomic mass is 10.0. The Morgan fingerprint density at radius 1 is 1.39 bits per heavy atom. The van der Waals surface area contributed by atoms with Crippen molar-refractivity contribution in [1.82, 2.24) is 10.4 Å². The van der Waals surface area contributed by atoms with Crippen molar-refractivity contribution in [2.45, 2.75) is 44.9 Å². The van der Waals surface area contributed by atoms with Crippen molar-refractivity contribution in [2.24, 2.45) is 5.92 Å². The Bertz CT molecular complexity index is 321. The number of carboxylic acid groups (broad SMARTS) is 2. The molecule has 1 fully saturated rings. The molecule has 0 unspecified atom stereocenters. The molecule has 0 radical (unpaired) electrons. The predicted molar refractivity (Wildman–Crippen MR) is 62.8 cm³/mol. The Labute approximate surface area is 105 Å². The minimum atomic E-state index is -1.06. The molecule has 18 heavy (non-hydrogen) atoms. The van der Waals surface area contributed by atoms with Gasteiger partial charge in [0.2, 0.25) is 0 Å². The first-order valence-corrected chi connectivity index (χ1v) is 5.97. The van der Waals surface area contributed by atoms with Gasteiger partial charge in [0.25, 0.3) is 0 Å². The van der Waals surface area contributed by atoms with E-state index < -0.39 is 30.1 Å². The number of carboxylic acids is 2. The first-order valence-electron chi connectivity index (χ1n) is 5.97. The molecule has 0 amide bonds. The van der Waals surface area contributed by atoms with Crippen LogP contribution in [0.3, 0.4) is 0 Å². The molecule has 1 heterocycles. The van der Waals surface area contributed by atoms with Gasteiger partial charge < -0.3 is 15.3 Å². The second-order valence-electron chi connectivity index (χ2n) is 5.05. The third-order valence-electron chi connectivity index (χ3n) is 2.89. The zero-order chi connectivity index (χ0) is 13.9. The van der Waals surface area contributed by atoms with Gasteiger partial charge in [0, 0.05) is 13.0 Å². The second kappa shape index (κ2) is 6.12. The van der Waals surface area contributed by atoms with E-state index in [1.807, 2.05) is 13.8 Å². The number of nitrogens with zero attached hydrogens (tertiary/aromatic N) is 1. The van der Waals surface area contributed by atoms with Crippen LogP contribution in [0.1, 0.15) is 26.7 Å². The van der Waals surface area contributed by atoms with Crippen molar-refractivity contribution in [3.05, 3.63) is 0 Å². The largest absolute Gasteiger partial charge is 0.480 e. The van der Waals surface area contributed by atoms with E-state index in [9.17, 15) is 14.7 Å². The smallest absolute Gasteiger partial charge is 0.322 e. The fourth-order valence-corrected chi connectivity index (χ4v) is 2.07. The summed E-state index contributed by atoms with van der Waals surface area (Å²) >= 11 is 0. The number of aliphatic carboxylic acids is 2. The average Bonchev–Trinajstić information content (AvgIpc) is 2.57. The van der Waals surface area contributed by atoms with Crippen LogP contribution in [0.25, 0.3) is 0 Å². The number of hydrogen-bond donors (Lipinski definition) is 4. The van der Waals surface area contributed by atoms with Gasteiger partial charge in [-0.05, 0) is 12.3 Å². The van der Waals surface area contributed by atoms with E-state index >= 15 is 0 Å². The van der Waals surface area contributed by atoms with Crippen LogP contribution in [0.2, 0.25) is 0 Å². The van der Waals surface area contributed by atoms with E-state index in [4.69, 9.17) is 10.2 Å². The number of nitrogens with one attached hydrogen (secondary N) is 1. The van der Waals surface area contributed by atoms with Gasteiger partial charge in [0.1, 0.15) is 12.1 Å². The van der Waals surface area contributed by atoms with E-state index in [2.05, 4.69) is 5.43 Å². The van der Waals surface area contributed by atoms with Crippen LogP contribution >= 0.6 is 0 Å². The first-order chi connectivity index (χ1) is 8.31. The van der Waals surface area contributed by atoms with Gasteiger partial charge >= 0.3 is 11.9 Å². The average molecular weight is 260 g/mol. The summed E-state index contributed by atoms with van der Waals surface area (Å²) in [5.74, 6) is -1.91. The molecular weight excluding hydrogens is 240 g/mol. The Morgan fingerprint density at radius 2 is 2.00 bits per heavy atom. The summed E-state index contributed by atoms with van der Waals surface area (Å²) in [5, 5.41) is 28.8. The van der Waals surface area contributed by atoms with Crippen molar-refractivity contribution < 1.29 is 24.9 Å². The SMILES string of the molecule is CC(C)C[C@H](NN1C[C@@H](O)C[C@@H]1C(=O)O)C(=O)O. The standard InChI is InChI=1S/C11H20N2O5/c1-6(2)3-8(10(15)16)12-13-5-7(14)4-9(13)11(17)18/h6-9,12,14H,3-5H2,1-2H3,(H,15,16)(H,17,18)/t7-,8-,9+/m0/s1. The molecule has 0 aromatic rings. The van der Waals surface area contributed by atoms with Gasteiger partial charge in [-0.2, -0.15) is 0 Å². The lowest BCUT2D eigenvalue weighted by Gasteiger charge is -2.26. The lowest BCUT2D eigenvalue weighted by molar-refractivity contribution is -0.147. The molecule has 1 rings (SSSR count). The number of hydrogen-bond acceptors (Lipinski definition) is 5. The van der Waals surface area contributed by atoms with Crippen LogP contribution in [-0.2, 0) is 9.59 Å². The fraction of sp³-hybridized carbons (Fsp3) is 0.818. The molecule has 1 aliphatic rings. The van der Waals surface area contributed by atoms with E-state index in [1.165, 1.54) is 5.01 Å². The molecule has 0 saturated carbocycles. The van der Waals surface area contributed by atoms with E-state index in [0.29, 0.717) is 6.42 Å². The van der Waals surface area contributed by atoms with Crippen LogP contribution in [0.4, 0.5) is 0 Å². The van der Waals surface area contributed by atoms with E-state index in [1.54, 1.807) is 0 Å². The van der Waals surface area contributed by atoms with Crippen LogP contribution in [-0.4, -0.2) is 57.0 Å². The quantitative estimate of drug-likeness (QED) is 0.510. The molecule has 4 N–H and O–H groups in total. The second-order valence-corrected chi connectivity index (χ2v) is 5.05. The summed E-state index contributed by atoms with van der Waals surface area (Å²) in [5.41, 5.74) is 2.70. The maximum absolute atomic E-state index is 11.1. The van der Waals surface area contributed by atoms with Gasteiger partial charge in [-0.1, -0.05) is 13.8 Å². The Morgan fingerprint density at radius 3 is 2.44 bits per heavy atom. The van der Waals surface area contributed by atoms with Gasteiger partial charge in [-0.3, -0.25) is 9.59 Å². The molecule has 1 aliphatic heterocycles. The summed E-state index contributed by atoms with van der Waals surface area (Å²) in [6.07, 6.45) is -0.239. The highest BCUT2D eigenvalue weighted by Gasteiger charge is 2.38. The monoisotopic (exact) mass is 260 g/mol. The number of β-amino-alcohol motifs (C(OH)–C–C–N with tert-alkyl or cyclic N) is 1. The molecule has 0 bridgehead atoms.